The molecule has 1 rings (SSSR count). The van der Waals surface area contributed by atoms with Crippen molar-refractivity contribution in [2.24, 2.45) is 0 Å². The van der Waals surface area contributed by atoms with Crippen LogP contribution in [0.2, 0.25) is 0 Å². The third-order valence-corrected chi connectivity index (χ3v) is 2.14. The minimum atomic E-state index is -0.905. The number of carbonyl (C=O) groups excluding carboxylic acids is 1. The molecule has 86 valence electrons. The molecule has 0 spiro atoms. The first-order valence-corrected chi connectivity index (χ1v) is 4.96. The standard InChI is InChI=1S/C11H14N2O3/c1-9(14)13(6-4-11(15)16)8-10-3-2-5-12-7-10/h2-3,5,7H,4,6,8H2,1H3,(H,15,16). The van der Waals surface area contributed by atoms with Crippen LogP contribution in [-0.4, -0.2) is 33.4 Å². The smallest absolute Gasteiger partial charge is 0.305 e. The SMILES string of the molecule is CC(=O)N(CCC(=O)O)Cc1cccnc1. The second-order valence-corrected chi connectivity index (χ2v) is 3.45. The van der Waals surface area contributed by atoms with E-state index in [1.54, 1.807) is 18.5 Å². The second kappa shape index (κ2) is 5.85. The lowest BCUT2D eigenvalue weighted by Gasteiger charge is -2.19. The van der Waals surface area contributed by atoms with Crippen molar-refractivity contribution in [3.8, 4) is 0 Å². The van der Waals surface area contributed by atoms with Crippen LogP contribution < -0.4 is 0 Å². The zero-order chi connectivity index (χ0) is 12.0. The van der Waals surface area contributed by atoms with Crippen molar-refractivity contribution in [3.63, 3.8) is 0 Å². The molecular weight excluding hydrogens is 208 g/mol. The van der Waals surface area contributed by atoms with Gasteiger partial charge in [-0.25, -0.2) is 0 Å². The minimum absolute atomic E-state index is 0.0418. The number of hydrogen-bond donors (Lipinski definition) is 1. The van der Waals surface area contributed by atoms with Gasteiger partial charge in [0.25, 0.3) is 0 Å². The molecule has 1 aromatic heterocycles. The van der Waals surface area contributed by atoms with Gasteiger partial charge in [-0.3, -0.25) is 14.6 Å². The van der Waals surface area contributed by atoms with Crippen LogP contribution in [0.5, 0.6) is 0 Å². The summed E-state index contributed by atoms with van der Waals surface area (Å²) in [5, 5.41) is 8.56. The maximum absolute atomic E-state index is 11.3. The molecule has 0 atom stereocenters. The molecule has 5 nitrogen and oxygen atoms in total. The fraction of sp³-hybridized carbons (Fsp3) is 0.364. The lowest BCUT2D eigenvalue weighted by molar-refractivity contribution is -0.138. The molecule has 0 radical (unpaired) electrons. The van der Waals surface area contributed by atoms with Crippen LogP contribution in [0.25, 0.3) is 0 Å². The van der Waals surface area contributed by atoms with Crippen LogP contribution in [0.15, 0.2) is 24.5 Å². The predicted octanol–water partition coefficient (Wildman–Crippen LogP) is 0.905. The average molecular weight is 222 g/mol. The average Bonchev–Trinajstić information content (AvgIpc) is 2.25. The van der Waals surface area contributed by atoms with Crippen molar-refractivity contribution < 1.29 is 14.7 Å². The Hall–Kier alpha value is -1.91. The molecule has 0 saturated heterocycles. The van der Waals surface area contributed by atoms with Gasteiger partial charge in [-0.2, -0.15) is 0 Å². The highest BCUT2D eigenvalue weighted by Gasteiger charge is 2.10. The van der Waals surface area contributed by atoms with Gasteiger partial charge in [-0.1, -0.05) is 6.07 Å². The lowest BCUT2D eigenvalue weighted by atomic mass is 10.2. The summed E-state index contributed by atoms with van der Waals surface area (Å²) in [6.07, 6.45) is 3.27. The molecular formula is C11H14N2O3. The number of carbonyl (C=O) groups is 2. The van der Waals surface area contributed by atoms with Crippen molar-refractivity contribution in [2.45, 2.75) is 19.9 Å². The van der Waals surface area contributed by atoms with Crippen molar-refractivity contribution in [1.29, 1.82) is 0 Å². The summed E-state index contributed by atoms with van der Waals surface area (Å²) in [6, 6.07) is 3.63. The minimum Gasteiger partial charge on any atom is -0.481 e. The highest BCUT2D eigenvalue weighted by atomic mass is 16.4. The van der Waals surface area contributed by atoms with E-state index in [1.165, 1.54) is 11.8 Å². The highest BCUT2D eigenvalue weighted by molar-refractivity contribution is 5.74. The Morgan fingerprint density at radius 1 is 1.50 bits per heavy atom. The van der Waals surface area contributed by atoms with E-state index >= 15 is 0 Å². The number of carboxylic acids is 1. The van der Waals surface area contributed by atoms with Gasteiger partial charge >= 0.3 is 5.97 Å². The first-order chi connectivity index (χ1) is 7.59. The van der Waals surface area contributed by atoms with Crippen LogP contribution in [0, 0.1) is 0 Å². The van der Waals surface area contributed by atoms with E-state index in [2.05, 4.69) is 4.98 Å². The van der Waals surface area contributed by atoms with Gasteiger partial charge in [-0.15, -0.1) is 0 Å². The van der Waals surface area contributed by atoms with Crippen LogP contribution >= 0.6 is 0 Å². The molecule has 0 unspecified atom stereocenters. The Bertz CT molecular complexity index is 365. The topological polar surface area (TPSA) is 70.5 Å². The summed E-state index contributed by atoms with van der Waals surface area (Å²) in [7, 11) is 0. The van der Waals surface area contributed by atoms with Gasteiger partial charge in [0, 0.05) is 32.4 Å². The predicted molar refractivity (Wildman–Crippen MR) is 57.6 cm³/mol. The first-order valence-electron chi connectivity index (χ1n) is 4.96. The molecule has 0 aliphatic heterocycles. The molecule has 0 aliphatic carbocycles. The normalized spacial score (nSPS) is 9.81. The van der Waals surface area contributed by atoms with Gasteiger partial charge in [0.2, 0.25) is 5.91 Å². The number of nitrogens with zero attached hydrogens (tertiary/aromatic N) is 2. The number of pyridine rings is 1. The molecule has 0 bridgehead atoms. The molecule has 1 N–H and O–H groups in total. The third-order valence-electron chi connectivity index (χ3n) is 2.14. The molecule has 0 saturated carbocycles. The number of amides is 1. The van der Waals surface area contributed by atoms with E-state index in [4.69, 9.17) is 5.11 Å². The van der Waals surface area contributed by atoms with Crippen molar-refractivity contribution in [2.75, 3.05) is 6.54 Å². The Labute approximate surface area is 93.7 Å². The van der Waals surface area contributed by atoms with E-state index in [0.717, 1.165) is 5.56 Å². The van der Waals surface area contributed by atoms with Gasteiger partial charge in [0.1, 0.15) is 0 Å². The van der Waals surface area contributed by atoms with E-state index < -0.39 is 5.97 Å². The molecule has 5 heteroatoms. The Kier molecular flexibility index (Phi) is 4.44. The number of hydrogen-bond acceptors (Lipinski definition) is 3. The number of aromatic nitrogens is 1. The molecule has 0 aliphatic rings. The van der Waals surface area contributed by atoms with Gasteiger partial charge in [-0.05, 0) is 11.6 Å². The van der Waals surface area contributed by atoms with Crippen molar-refractivity contribution in [3.05, 3.63) is 30.1 Å². The van der Waals surface area contributed by atoms with Crippen molar-refractivity contribution >= 4 is 11.9 Å². The molecule has 0 aromatic carbocycles. The van der Waals surface area contributed by atoms with E-state index in [-0.39, 0.29) is 18.9 Å². The second-order valence-electron chi connectivity index (χ2n) is 3.45. The fourth-order valence-corrected chi connectivity index (χ4v) is 1.29. The van der Waals surface area contributed by atoms with Gasteiger partial charge in [0.15, 0.2) is 0 Å². The van der Waals surface area contributed by atoms with Crippen LogP contribution in [0.3, 0.4) is 0 Å². The summed E-state index contributed by atoms with van der Waals surface area (Å²) >= 11 is 0. The maximum atomic E-state index is 11.3. The van der Waals surface area contributed by atoms with Crippen LogP contribution in [0.4, 0.5) is 0 Å². The fourth-order valence-electron chi connectivity index (χ4n) is 1.29. The van der Waals surface area contributed by atoms with E-state index in [1.807, 2.05) is 6.07 Å². The van der Waals surface area contributed by atoms with E-state index in [9.17, 15) is 9.59 Å². The largest absolute Gasteiger partial charge is 0.481 e. The zero-order valence-electron chi connectivity index (χ0n) is 9.09. The summed E-state index contributed by atoms with van der Waals surface area (Å²) in [4.78, 5) is 27.1. The summed E-state index contributed by atoms with van der Waals surface area (Å²) in [6.45, 7) is 2.05. The zero-order valence-corrected chi connectivity index (χ0v) is 9.09. The Balaban J connectivity index is 2.58. The van der Waals surface area contributed by atoms with Crippen LogP contribution in [0.1, 0.15) is 18.9 Å². The van der Waals surface area contributed by atoms with Gasteiger partial charge in [0.05, 0.1) is 6.42 Å². The third kappa shape index (κ3) is 4.08. The van der Waals surface area contributed by atoms with Gasteiger partial charge < -0.3 is 10.0 Å². The monoisotopic (exact) mass is 222 g/mol. The van der Waals surface area contributed by atoms with E-state index in [0.29, 0.717) is 6.54 Å². The van der Waals surface area contributed by atoms with Crippen LogP contribution in [-0.2, 0) is 16.1 Å². The van der Waals surface area contributed by atoms with Crippen molar-refractivity contribution in [1.82, 2.24) is 9.88 Å². The quantitative estimate of drug-likeness (QED) is 0.803. The first kappa shape index (κ1) is 12.2. The molecule has 16 heavy (non-hydrogen) atoms. The summed E-state index contributed by atoms with van der Waals surface area (Å²) in [5.41, 5.74) is 0.892. The number of rotatable bonds is 5. The molecule has 1 amide bonds. The highest BCUT2D eigenvalue weighted by Crippen LogP contribution is 2.04. The summed E-state index contributed by atoms with van der Waals surface area (Å²) in [5.74, 6) is -1.04. The molecule has 1 aromatic rings. The Morgan fingerprint density at radius 2 is 2.25 bits per heavy atom. The molecule has 0 fully saturated rings. The number of carboxylic acid groups (broad SMARTS) is 1. The molecule has 1 heterocycles. The summed E-state index contributed by atoms with van der Waals surface area (Å²) < 4.78 is 0. The Morgan fingerprint density at radius 3 is 2.75 bits per heavy atom. The lowest BCUT2D eigenvalue weighted by Crippen LogP contribution is -2.30. The maximum Gasteiger partial charge on any atom is 0.305 e. The number of aliphatic carboxylic acids is 1.